The van der Waals surface area contributed by atoms with Crippen LogP contribution in [0.25, 0.3) is 0 Å². The molecule has 0 amide bonds. The molecule has 1 fully saturated rings. The second-order valence-electron chi connectivity index (χ2n) is 4.39. The largest absolute Gasteiger partial charge is 0.354 e. The summed E-state index contributed by atoms with van der Waals surface area (Å²) in [6.45, 7) is 2.81. The Hall–Kier alpha value is -1.56. The number of hydrogen-bond donors (Lipinski definition) is 1. The van der Waals surface area contributed by atoms with E-state index >= 15 is 0 Å². The van der Waals surface area contributed by atoms with Crippen molar-refractivity contribution in [1.29, 1.82) is 5.41 Å². The molecule has 6 heteroatoms. The van der Waals surface area contributed by atoms with E-state index in [1.807, 2.05) is 7.05 Å². The second kappa shape index (κ2) is 4.97. The molecule has 1 heterocycles. The van der Waals surface area contributed by atoms with E-state index < -0.39 is 17.5 Å². The Kier molecular flexibility index (Phi) is 3.56. The van der Waals surface area contributed by atoms with E-state index in [0.29, 0.717) is 13.1 Å². The quantitative estimate of drug-likeness (QED) is 0.471. The molecule has 98 valence electrons. The SMILES string of the molecule is CN1CCN(C(=N)c2cc(F)c(F)c(F)c2)CC1. The van der Waals surface area contributed by atoms with Crippen LogP contribution in [-0.2, 0) is 0 Å². The summed E-state index contributed by atoms with van der Waals surface area (Å²) in [6.07, 6.45) is 0. The van der Waals surface area contributed by atoms with E-state index in [9.17, 15) is 13.2 Å². The van der Waals surface area contributed by atoms with Crippen LogP contribution in [-0.4, -0.2) is 48.9 Å². The molecule has 1 aliphatic heterocycles. The summed E-state index contributed by atoms with van der Waals surface area (Å²) >= 11 is 0. The zero-order valence-electron chi connectivity index (χ0n) is 10.0. The molecule has 1 N–H and O–H groups in total. The number of amidine groups is 1. The van der Waals surface area contributed by atoms with Crippen LogP contribution in [0, 0.1) is 22.9 Å². The first-order valence-corrected chi connectivity index (χ1v) is 5.66. The maximum absolute atomic E-state index is 13.1. The van der Waals surface area contributed by atoms with Crippen molar-refractivity contribution in [3.63, 3.8) is 0 Å². The molecule has 1 aromatic rings. The van der Waals surface area contributed by atoms with Crippen molar-refractivity contribution in [3.8, 4) is 0 Å². The third-order valence-electron chi connectivity index (χ3n) is 3.08. The molecule has 1 aromatic carbocycles. The van der Waals surface area contributed by atoms with Crippen LogP contribution in [0.15, 0.2) is 12.1 Å². The molecule has 3 nitrogen and oxygen atoms in total. The number of nitrogens with zero attached hydrogens (tertiary/aromatic N) is 2. The first kappa shape index (κ1) is 12.9. The molecule has 1 saturated heterocycles. The Morgan fingerprint density at radius 3 is 2.06 bits per heavy atom. The Morgan fingerprint density at radius 2 is 1.56 bits per heavy atom. The Labute approximate surface area is 103 Å². The van der Waals surface area contributed by atoms with Gasteiger partial charge in [-0.1, -0.05) is 0 Å². The molecule has 0 radical (unpaired) electrons. The van der Waals surface area contributed by atoms with Crippen LogP contribution >= 0.6 is 0 Å². The van der Waals surface area contributed by atoms with Gasteiger partial charge < -0.3 is 9.80 Å². The lowest BCUT2D eigenvalue weighted by atomic mass is 10.1. The van der Waals surface area contributed by atoms with Crippen molar-refractivity contribution in [3.05, 3.63) is 35.1 Å². The second-order valence-corrected chi connectivity index (χ2v) is 4.39. The van der Waals surface area contributed by atoms with Crippen LogP contribution in [0.3, 0.4) is 0 Å². The van der Waals surface area contributed by atoms with Gasteiger partial charge in [-0.15, -0.1) is 0 Å². The van der Waals surface area contributed by atoms with Crippen molar-refractivity contribution in [1.82, 2.24) is 9.80 Å². The van der Waals surface area contributed by atoms with Crippen molar-refractivity contribution in [2.75, 3.05) is 33.2 Å². The highest BCUT2D eigenvalue weighted by Gasteiger charge is 2.20. The predicted octanol–water partition coefficient (Wildman–Crippen LogP) is 1.68. The lowest BCUT2D eigenvalue weighted by Crippen LogP contribution is -2.47. The molecule has 0 unspecified atom stereocenters. The van der Waals surface area contributed by atoms with E-state index in [0.717, 1.165) is 25.2 Å². The number of rotatable bonds is 1. The molecule has 1 aliphatic rings. The van der Waals surface area contributed by atoms with Crippen LogP contribution in [0.4, 0.5) is 13.2 Å². The maximum atomic E-state index is 13.1. The number of hydrogen-bond acceptors (Lipinski definition) is 2. The van der Waals surface area contributed by atoms with Gasteiger partial charge in [-0.05, 0) is 19.2 Å². The van der Waals surface area contributed by atoms with E-state index in [4.69, 9.17) is 5.41 Å². The summed E-state index contributed by atoms with van der Waals surface area (Å²) in [5.41, 5.74) is 0.0657. The number of nitrogens with one attached hydrogen (secondary N) is 1. The average molecular weight is 257 g/mol. The maximum Gasteiger partial charge on any atom is 0.194 e. The van der Waals surface area contributed by atoms with Gasteiger partial charge in [0.15, 0.2) is 17.5 Å². The van der Waals surface area contributed by atoms with Crippen LogP contribution in [0.1, 0.15) is 5.56 Å². The van der Waals surface area contributed by atoms with E-state index in [2.05, 4.69) is 4.90 Å². The zero-order valence-corrected chi connectivity index (χ0v) is 10.0. The van der Waals surface area contributed by atoms with E-state index in [1.165, 1.54) is 0 Å². The molecule has 2 rings (SSSR count). The highest BCUT2D eigenvalue weighted by molar-refractivity contribution is 5.96. The van der Waals surface area contributed by atoms with Gasteiger partial charge in [0.1, 0.15) is 5.84 Å². The third kappa shape index (κ3) is 2.48. The van der Waals surface area contributed by atoms with Gasteiger partial charge in [0.25, 0.3) is 0 Å². The van der Waals surface area contributed by atoms with Crippen molar-refractivity contribution in [2.24, 2.45) is 0 Å². The molecular weight excluding hydrogens is 243 g/mol. The smallest absolute Gasteiger partial charge is 0.194 e. The van der Waals surface area contributed by atoms with Gasteiger partial charge in [-0.3, -0.25) is 5.41 Å². The molecule has 0 bridgehead atoms. The van der Waals surface area contributed by atoms with Gasteiger partial charge in [0.05, 0.1) is 0 Å². The summed E-state index contributed by atoms with van der Waals surface area (Å²) in [7, 11) is 1.97. The Morgan fingerprint density at radius 1 is 1.06 bits per heavy atom. The van der Waals surface area contributed by atoms with Crippen molar-refractivity contribution >= 4 is 5.84 Å². The minimum atomic E-state index is -1.50. The van der Waals surface area contributed by atoms with Gasteiger partial charge >= 0.3 is 0 Å². The molecule has 0 spiro atoms. The molecular formula is C12H14F3N3. The van der Waals surface area contributed by atoms with E-state index in [-0.39, 0.29) is 11.4 Å². The summed E-state index contributed by atoms with van der Waals surface area (Å²) in [4.78, 5) is 3.84. The zero-order chi connectivity index (χ0) is 13.3. The number of benzene rings is 1. The molecule has 0 saturated carbocycles. The summed E-state index contributed by atoms with van der Waals surface area (Å²) in [5, 5.41) is 7.91. The van der Waals surface area contributed by atoms with Crippen molar-refractivity contribution < 1.29 is 13.2 Å². The molecule has 0 aliphatic carbocycles. The summed E-state index contributed by atoms with van der Waals surface area (Å²) < 4.78 is 39.0. The first-order chi connectivity index (χ1) is 8.49. The minimum absolute atomic E-state index is 0.0286. The summed E-state index contributed by atoms with van der Waals surface area (Å²) in [5.74, 6) is -3.99. The number of halogens is 3. The Bertz CT molecular complexity index is 445. The monoisotopic (exact) mass is 257 g/mol. The fourth-order valence-electron chi connectivity index (χ4n) is 1.90. The van der Waals surface area contributed by atoms with E-state index in [1.54, 1.807) is 4.90 Å². The summed E-state index contributed by atoms with van der Waals surface area (Å²) in [6, 6.07) is 1.72. The minimum Gasteiger partial charge on any atom is -0.354 e. The number of likely N-dealkylation sites (N-methyl/N-ethyl adjacent to an activating group) is 1. The van der Waals surface area contributed by atoms with Gasteiger partial charge in [-0.25, -0.2) is 13.2 Å². The van der Waals surface area contributed by atoms with Crippen molar-refractivity contribution in [2.45, 2.75) is 0 Å². The third-order valence-corrected chi connectivity index (χ3v) is 3.08. The first-order valence-electron chi connectivity index (χ1n) is 5.66. The predicted molar refractivity (Wildman–Crippen MR) is 62.2 cm³/mol. The lowest BCUT2D eigenvalue weighted by Gasteiger charge is -2.34. The topological polar surface area (TPSA) is 30.3 Å². The highest BCUT2D eigenvalue weighted by Crippen LogP contribution is 2.16. The van der Waals surface area contributed by atoms with Crippen LogP contribution < -0.4 is 0 Å². The van der Waals surface area contributed by atoms with Gasteiger partial charge in [0, 0.05) is 31.7 Å². The van der Waals surface area contributed by atoms with Crippen LogP contribution in [0.2, 0.25) is 0 Å². The van der Waals surface area contributed by atoms with Crippen LogP contribution in [0.5, 0.6) is 0 Å². The standard InChI is InChI=1S/C12H14F3N3/c1-17-2-4-18(5-3-17)12(16)8-6-9(13)11(15)10(14)7-8/h6-7,16H,2-5H2,1H3. The fourth-order valence-corrected chi connectivity index (χ4v) is 1.90. The molecule has 0 aromatic heterocycles. The average Bonchev–Trinajstić information content (AvgIpc) is 2.35. The van der Waals surface area contributed by atoms with Gasteiger partial charge in [-0.2, -0.15) is 0 Å². The number of piperazine rings is 1. The Balaban J connectivity index is 2.19. The molecule has 18 heavy (non-hydrogen) atoms. The highest BCUT2D eigenvalue weighted by atomic mass is 19.2. The fraction of sp³-hybridized carbons (Fsp3) is 0.417. The lowest BCUT2D eigenvalue weighted by molar-refractivity contribution is 0.215. The molecule has 0 atom stereocenters. The normalized spacial score (nSPS) is 17.0. The van der Waals surface area contributed by atoms with Gasteiger partial charge in [0.2, 0.25) is 0 Å².